The maximum absolute atomic E-state index is 11.8. The van der Waals surface area contributed by atoms with E-state index in [1.54, 1.807) is 4.90 Å². The van der Waals surface area contributed by atoms with Gasteiger partial charge >= 0.3 is 0 Å². The Morgan fingerprint density at radius 1 is 1.29 bits per heavy atom. The molecule has 4 heteroatoms. The van der Waals surface area contributed by atoms with Crippen molar-refractivity contribution in [3.8, 4) is 0 Å². The third-order valence-corrected chi connectivity index (χ3v) is 4.13. The number of rotatable bonds is 6. The molecule has 1 saturated carbocycles. The lowest BCUT2D eigenvalue weighted by molar-refractivity contribution is -0.130. The van der Waals surface area contributed by atoms with E-state index in [4.69, 9.17) is 0 Å². The molecule has 0 bridgehead atoms. The van der Waals surface area contributed by atoms with Crippen LogP contribution in [0, 0.1) is 0 Å². The maximum atomic E-state index is 11.8. The Hall–Kier alpha value is -0.610. The van der Waals surface area contributed by atoms with Gasteiger partial charge in [0.1, 0.15) is 0 Å². The summed E-state index contributed by atoms with van der Waals surface area (Å²) in [6.07, 6.45) is 3.78. The van der Waals surface area contributed by atoms with Crippen LogP contribution < -0.4 is 5.32 Å². The Labute approximate surface area is 105 Å². The van der Waals surface area contributed by atoms with Crippen molar-refractivity contribution in [2.75, 3.05) is 34.2 Å². The summed E-state index contributed by atoms with van der Waals surface area (Å²) in [7, 11) is 6.12. The number of carbonyl (C=O) groups excluding carboxylic acids is 1. The summed E-state index contributed by atoms with van der Waals surface area (Å²) in [5.41, 5.74) is 0.288. The number of hydrogen-bond acceptors (Lipinski definition) is 3. The Kier molecular flexibility index (Phi) is 4.95. The van der Waals surface area contributed by atoms with Crippen LogP contribution in [0.1, 0.15) is 33.1 Å². The van der Waals surface area contributed by atoms with Gasteiger partial charge in [-0.25, -0.2) is 0 Å². The first-order chi connectivity index (χ1) is 7.89. The van der Waals surface area contributed by atoms with Gasteiger partial charge in [-0.15, -0.1) is 0 Å². The van der Waals surface area contributed by atoms with Crippen LogP contribution in [0.15, 0.2) is 0 Å². The van der Waals surface area contributed by atoms with Gasteiger partial charge in [-0.2, -0.15) is 0 Å². The van der Waals surface area contributed by atoms with Gasteiger partial charge in [0.15, 0.2) is 0 Å². The highest BCUT2D eigenvalue weighted by Gasteiger charge is 2.38. The molecule has 0 radical (unpaired) electrons. The van der Waals surface area contributed by atoms with E-state index in [2.05, 4.69) is 24.3 Å². The number of likely N-dealkylation sites (N-methyl/N-ethyl adjacent to an activating group) is 2. The van der Waals surface area contributed by atoms with Gasteiger partial charge in [0.05, 0.1) is 6.54 Å². The van der Waals surface area contributed by atoms with Crippen LogP contribution in [0.2, 0.25) is 0 Å². The fourth-order valence-corrected chi connectivity index (χ4v) is 2.18. The highest BCUT2D eigenvalue weighted by molar-refractivity contribution is 5.78. The fourth-order valence-electron chi connectivity index (χ4n) is 2.18. The molecular weight excluding hydrogens is 214 g/mol. The van der Waals surface area contributed by atoms with E-state index in [1.165, 1.54) is 19.3 Å². The van der Waals surface area contributed by atoms with Gasteiger partial charge in [-0.1, -0.05) is 0 Å². The van der Waals surface area contributed by atoms with Crippen LogP contribution in [-0.4, -0.2) is 61.5 Å². The number of amides is 1. The Balaban J connectivity index is 2.30. The van der Waals surface area contributed by atoms with Crippen LogP contribution in [-0.2, 0) is 4.79 Å². The van der Waals surface area contributed by atoms with Gasteiger partial charge in [0, 0.05) is 25.2 Å². The summed E-state index contributed by atoms with van der Waals surface area (Å²) in [4.78, 5) is 15.9. The van der Waals surface area contributed by atoms with E-state index in [0.29, 0.717) is 6.54 Å². The SMILES string of the molecule is CC(C)N(C)C(=O)CNCC1(N(C)C)CCC1. The normalized spacial score (nSPS) is 18.3. The molecule has 0 saturated heterocycles. The molecule has 0 aromatic rings. The quantitative estimate of drug-likeness (QED) is 0.751. The number of nitrogens with zero attached hydrogens (tertiary/aromatic N) is 2. The molecule has 100 valence electrons. The number of nitrogens with one attached hydrogen (secondary N) is 1. The molecule has 1 rings (SSSR count). The molecule has 4 nitrogen and oxygen atoms in total. The molecule has 1 N–H and O–H groups in total. The van der Waals surface area contributed by atoms with Crippen LogP contribution >= 0.6 is 0 Å². The van der Waals surface area contributed by atoms with Gasteiger partial charge in [0.25, 0.3) is 0 Å². The first-order valence-electron chi connectivity index (χ1n) is 6.53. The van der Waals surface area contributed by atoms with E-state index >= 15 is 0 Å². The molecule has 1 amide bonds. The Bertz CT molecular complexity index is 259. The molecular formula is C13H27N3O. The molecule has 0 unspecified atom stereocenters. The molecule has 0 atom stereocenters. The van der Waals surface area contributed by atoms with E-state index in [0.717, 1.165) is 6.54 Å². The van der Waals surface area contributed by atoms with Crippen molar-refractivity contribution in [3.05, 3.63) is 0 Å². The summed E-state index contributed by atoms with van der Waals surface area (Å²) in [5.74, 6) is 0.174. The summed E-state index contributed by atoms with van der Waals surface area (Å²) < 4.78 is 0. The van der Waals surface area contributed by atoms with Crippen molar-refractivity contribution in [2.24, 2.45) is 0 Å². The molecule has 17 heavy (non-hydrogen) atoms. The standard InChI is InChI=1S/C13H27N3O/c1-11(2)16(5)12(17)9-14-10-13(15(3)4)7-6-8-13/h11,14H,6-10H2,1-5H3. The van der Waals surface area contributed by atoms with Crippen molar-refractivity contribution in [2.45, 2.75) is 44.7 Å². The second-order valence-corrected chi connectivity index (χ2v) is 5.67. The number of carbonyl (C=O) groups is 1. The van der Waals surface area contributed by atoms with Crippen molar-refractivity contribution in [1.82, 2.24) is 15.1 Å². The topological polar surface area (TPSA) is 35.6 Å². The van der Waals surface area contributed by atoms with E-state index in [9.17, 15) is 4.79 Å². The summed E-state index contributed by atoms with van der Waals surface area (Å²) in [6, 6.07) is 0.274. The minimum absolute atomic E-state index is 0.174. The van der Waals surface area contributed by atoms with E-state index in [-0.39, 0.29) is 17.5 Å². The van der Waals surface area contributed by atoms with Gasteiger partial charge in [-0.05, 0) is 47.2 Å². The van der Waals surface area contributed by atoms with Crippen molar-refractivity contribution >= 4 is 5.91 Å². The van der Waals surface area contributed by atoms with Crippen molar-refractivity contribution < 1.29 is 4.79 Å². The molecule has 1 aliphatic carbocycles. The largest absolute Gasteiger partial charge is 0.342 e. The lowest BCUT2D eigenvalue weighted by Gasteiger charge is -2.47. The van der Waals surface area contributed by atoms with Crippen LogP contribution in [0.4, 0.5) is 0 Å². The summed E-state index contributed by atoms with van der Waals surface area (Å²) in [6.45, 7) is 5.43. The Morgan fingerprint density at radius 2 is 1.88 bits per heavy atom. The minimum atomic E-state index is 0.174. The van der Waals surface area contributed by atoms with Gasteiger partial charge in [-0.3, -0.25) is 4.79 Å². The third-order valence-electron chi connectivity index (χ3n) is 4.13. The van der Waals surface area contributed by atoms with Crippen molar-refractivity contribution in [3.63, 3.8) is 0 Å². The van der Waals surface area contributed by atoms with Crippen LogP contribution in [0.5, 0.6) is 0 Å². The molecule has 0 heterocycles. The van der Waals surface area contributed by atoms with Gasteiger partial charge in [0.2, 0.25) is 5.91 Å². The Morgan fingerprint density at radius 3 is 2.24 bits per heavy atom. The highest BCUT2D eigenvalue weighted by atomic mass is 16.2. The second-order valence-electron chi connectivity index (χ2n) is 5.67. The smallest absolute Gasteiger partial charge is 0.236 e. The molecule has 0 aromatic heterocycles. The summed E-state index contributed by atoms with van der Waals surface area (Å²) >= 11 is 0. The average Bonchev–Trinajstić information content (AvgIpc) is 2.19. The first-order valence-corrected chi connectivity index (χ1v) is 6.53. The average molecular weight is 241 g/mol. The van der Waals surface area contributed by atoms with E-state index < -0.39 is 0 Å². The van der Waals surface area contributed by atoms with Crippen molar-refractivity contribution in [1.29, 1.82) is 0 Å². The molecule has 0 spiro atoms. The predicted octanol–water partition coefficient (Wildman–Crippen LogP) is 0.927. The summed E-state index contributed by atoms with van der Waals surface area (Å²) in [5, 5.41) is 3.31. The lowest BCUT2D eigenvalue weighted by Crippen LogP contribution is -2.57. The molecule has 1 fully saturated rings. The zero-order valence-corrected chi connectivity index (χ0v) is 11.9. The highest BCUT2D eigenvalue weighted by Crippen LogP contribution is 2.35. The predicted molar refractivity (Wildman–Crippen MR) is 71.0 cm³/mol. The zero-order chi connectivity index (χ0) is 13.1. The molecule has 0 aromatic carbocycles. The molecule has 1 aliphatic rings. The second kappa shape index (κ2) is 5.83. The van der Waals surface area contributed by atoms with Crippen LogP contribution in [0.25, 0.3) is 0 Å². The maximum Gasteiger partial charge on any atom is 0.236 e. The lowest BCUT2D eigenvalue weighted by atomic mass is 9.75. The zero-order valence-electron chi connectivity index (χ0n) is 11.9. The minimum Gasteiger partial charge on any atom is -0.342 e. The van der Waals surface area contributed by atoms with Gasteiger partial charge < -0.3 is 15.1 Å². The van der Waals surface area contributed by atoms with E-state index in [1.807, 2.05) is 20.9 Å². The monoisotopic (exact) mass is 241 g/mol. The van der Waals surface area contributed by atoms with Crippen LogP contribution in [0.3, 0.4) is 0 Å². The first kappa shape index (κ1) is 14.5. The fraction of sp³-hybridized carbons (Fsp3) is 0.923. The molecule has 0 aliphatic heterocycles. The number of hydrogen-bond donors (Lipinski definition) is 1. The third kappa shape index (κ3) is 3.42.